The molecule has 1 unspecified atom stereocenters. The van der Waals surface area contributed by atoms with Gasteiger partial charge in [0.25, 0.3) is 0 Å². The Balaban J connectivity index is 0.00000441. The fourth-order valence-corrected chi connectivity index (χ4v) is 2.19. The summed E-state index contributed by atoms with van der Waals surface area (Å²) < 4.78 is 2.09. The lowest BCUT2D eigenvalue weighted by molar-refractivity contribution is 0.546. The Bertz CT molecular complexity index is 378. The highest BCUT2D eigenvalue weighted by Gasteiger charge is 2.04. The van der Waals surface area contributed by atoms with Crippen LogP contribution in [0.1, 0.15) is 52.9 Å². The lowest BCUT2D eigenvalue weighted by Gasteiger charge is -2.17. The average molecular weight is 421 g/mol. The van der Waals surface area contributed by atoms with Gasteiger partial charge < -0.3 is 15.2 Å². The Kier molecular flexibility index (Phi) is 13.3. The smallest absolute Gasteiger partial charge is 0.191 e. The molecule has 0 spiro atoms. The zero-order valence-electron chi connectivity index (χ0n) is 14.2. The van der Waals surface area contributed by atoms with Gasteiger partial charge in [-0.05, 0) is 26.7 Å². The van der Waals surface area contributed by atoms with E-state index in [0.29, 0.717) is 6.04 Å². The number of aromatic nitrogens is 2. The molecule has 0 aromatic carbocycles. The van der Waals surface area contributed by atoms with Crippen molar-refractivity contribution in [2.75, 3.05) is 13.1 Å². The van der Waals surface area contributed by atoms with Crippen LogP contribution < -0.4 is 10.6 Å². The fourth-order valence-electron chi connectivity index (χ4n) is 2.19. The van der Waals surface area contributed by atoms with Crippen LogP contribution in [0, 0.1) is 0 Å². The summed E-state index contributed by atoms with van der Waals surface area (Å²) in [5, 5.41) is 6.81. The Labute approximate surface area is 152 Å². The van der Waals surface area contributed by atoms with Crippen molar-refractivity contribution in [3.63, 3.8) is 0 Å². The summed E-state index contributed by atoms with van der Waals surface area (Å²) >= 11 is 0. The predicted octanol–water partition coefficient (Wildman–Crippen LogP) is 3.42. The van der Waals surface area contributed by atoms with Gasteiger partial charge in [-0.3, -0.25) is 4.99 Å². The third-order valence-corrected chi connectivity index (χ3v) is 3.37. The quantitative estimate of drug-likeness (QED) is 0.264. The summed E-state index contributed by atoms with van der Waals surface area (Å²) in [7, 11) is 0. The number of halogens is 1. The molecule has 1 atom stereocenters. The molecule has 2 N–H and O–H groups in total. The highest BCUT2D eigenvalue weighted by atomic mass is 127. The van der Waals surface area contributed by atoms with E-state index in [1.54, 1.807) is 0 Å². The Morgan fingerprint density at radius 1 is 1.27 bits per heavy atom. The third kappa shape index (κ3) is 10.0. The molecule has 1 aromatic rings. The van der Waals surface area contributed by atoms with Crippen LogP contribution in [-0.2, 0) is 6.54 Å². The second-order valence-electron chi connectivity index (χ2n) is 5.46. The van der Waals surface area contributed by atoms with E-state index in [1.165, 1.54) is 25.7 Å². The van der Waals surface area contributed by atoms with Gasteiger partial charge >= 0.3 is 0 Å². The monoisotopic (exact) mass is 421 g/mol. The Hall–Kier alpha value is -0.790. The van der Waals surface area contributed by atoms with E-state index in [1.807, 2.05) is 18.7 Å². The lowest BCUT2D eigenvalue weighted by Crippen LogP contribution is -2.42. The third-order valence-electron chi connectivity index (χ3n) is 3.37. The molecule has 128 valence electrons. The molecule has 22 heavy (non-hydrogen) atoms. The van der Waals surface area contributed by atoms with E-state index in [9.17, 15) is 0 Å². The molecular weight excluding hydrogens is 389 g/mol. The van der Waals surface area contributed by atoms with Crippen molar-refractivity contribution in [2.24, 2.45) is 4.99 Å². The van der Waals surface area contributed by atoms with Gasteiger partial charge in [0.1, 0.15) is 0 Å². The lowest BCUT2D eigenvalue weighted by atomic mass is 10.1. The van der Waals surface area contributed by atoms with E-state index in [4.69, 9.17) is 0 Å². The molecule has 5 nitrogen and oxygen atoms in total. The van der Waals surface area contributed by atoms with E-state index in [0.717, 1.165) is 32.0 Å². The Morgan fingerprint density at radius 2 is 2.09 bits per heavy atom. The van der Waals surface area contributed by atoms with Gasteiger partial charge in [0.2, 0.25) is 0 Å². The van der Waals surface area contributed by atoms with Crippen LogP contribution in [0.4, 0.5) is 0 Å². The molecule has 0 amide bonds. The number of aryl methyl sites for hydroxylation is 1. The summed E-state index contributed by atoms with van der Waals surface area (Å²) in [5.74, 6) is 0.937. The van der Waals surface area contributed by atoms with Crippen molar-refractivity contribution in [2.45, 2.75) is 65.5 Å². The average Bonchev–Trinajstić information content (AvgIpc) is 2.97. The van der Waals surface area contributed by atoms with Gasteiger partial charge in [-0.15, -0.1) is 24.0 Å². The van der Waals surface area contributed by atoms with Crippen molar-refractivity contribution < 1.29 is 0 Å². The standard InChI is InChI=1S/C16H31N5.HI/c1-4-6-7-9-15(3)20-16(18-5-2)19-10-8-12-21-13-11-17-14-21;/h11,13-15H,4-10,12H2,1-3H3,(H2,18,19,20);1H. The number of rotatable bonds is 10. The summed E-state index contributed by atoms with van der Waals surface area (Å²) in [6, 6.07) is 0.475. The molecule has 0 aliphatic rings. The van der Waals surface area contributed by atoms with Gasteiger partial charge in [0, 0.05) is 38.1 Å². The molecule has 1 aromatic heterocycles. The summed E-state index contributed by atoms with van der Waals surface area (Å²) in [6.45, 7) is 9.27. The predicted molar refractivity (Wildman–Crippen MR) is 105 cm³/mol. The van der Waals surface area contributed by atoms with Crippen LogP contribution in [0.3, 0.4) is 0 Å². The molecule has 0 aliphatic heterocycles. The van der Waals surface area contributed by atoms with Crippen LogP contribution in [-0.4, -0.2) is 34.6 Å². The van der Waals surface area contributed by atoms with E-state index in [2.05, 4.69) is 45.9 Å². The number of hydrogen-bond donors (Lipinski definition) is 2. The number of guanidine groups is 1. The second-order valence-corrected chi connectivity index (χ2v) is 5.46. The van der Waals surface area contributed by atoms with Crippen LogP contribution in [0.15, 0.2) is 23.7 Å². The minimum absolute atomic E-state index is 0. The summed E-state index contributed by atoms with van der Waals surface area (Å²) in [6.07, 6.45) is 11.7. The first-order valence-corrected chi connectivity index (χ1v) is 8.26. The molecule has 1 rings (SSSR count). The molecule has 6 heteroatoms. The molecule has 0 radical (unpaired) electrons. The molecule has 0 bridgehead atoms. The second kappa shape index (κ2) is 13.8. The van der Waals surface area contributed by atoms with Gasteiger partial charge in [0.05, 0.1) is 6.33 Å². The maximum atomic E-state index is 4.64. The zero-order valence-corrected chi connectivity index (χ0v) is 16.5. The maximum Gasteiger partial charge on any atom is 0.191 e. The van der Waals surface area contributed by atoms with E-state index < -0.39 is 0 Å². The minimum atomic E-state index is 0. The molecule has 0 fully saturated rings. The van der Waals surface area contributed by atoms with Crippen LogP contribution in [0.5, 0.6) is 0 Å². The van der Waals surface area contributed by atoms with Gasteiger partial charge in [-0.25, -0.2) is 4.98 Å². The zero-order chi connectivity index (χ0) is 15.3. The SMILES string of the molecule is CCCCCC(C)NC(=NCCCn1ccnc1)NCC.I. The van der Waals surface area contributed by atoms with Gasteiger partial charge in [-0.2, -0.15) is 0 Å². The number of nitrogens with one attached hydrogen (secondary N) is 2. The van der Waals surface area contributed by atoms with Crippen LogP contribution in [0.2, 0.25) is 0 Å². The Morgan fingerprint density at radius 3 is 2.73 bits per heavy atom. The van der Waals surface area contributed by atoms with E-state index >= 15 is 0 Å². The van der Waals surface area contributed by atoms with Gasteiger partial charge in [0.15, 0.2) is 5.96 Å². The number of unbranched alkanes of at least 4 members (excludes halogenated alkanes) is 2. The van der Waals surface area contributed by atoms with Crippen molar-refractivity contribution in [1.29, 1.82) is 0 Å². The van der Waals surface area contributed by atoms with Crippen molar-refractivity contribution >= 4 is 29.9 Å². The minimum Gasteiger partial charge on any atom is -0.357 e. The highest BCUT2D eigenvalue weighted by Crippen LogP contribution is 2.02. The molecule has 0 saturated carbocycles. The number of imidazole rings is 1. The van der Waals surface area contributed by atoms with Crippen molar-refractivity contribution in [3.05, 3.63) is 18.7 Å². The van der Waals surface area contributed by atoms with Crippen LogP contribution in [0.25, 0.3) is 0 Å². The highest BCUT2D eigenvalue weighted by molar-refractivity contribution is 14.0. The maximum absolute atomic E-state index is 4.64. The number of aliphatic imine (C=N–C) groups is 1. The molecule has 0 saturated heterocycles. The number of hydrogen-bond acceptors (Lipinski definition) is 2. The number of nitrogens with zero attached hydrogens (tertiary/aromatic N) is 3. The van der Waals surface area contributed by atoms with Crippen molar-refractivity contribution in [3.8, 4) is 0 Å². The summed E-state index contributed by atoms with van der Waals surface area (Å²) in [5.41, 5.74) is 0. The topological polar surface area (TPSA) is 54.2 Å². The van der Waals surface area contributed by atoms with Crippen molar-refractivity contribution in [1.82, 2.24) is 20.2 Å². The van der Waals surface area contributed by atoms with Crippen LogP contribution >= 0.6 is 24.0 Å². The fraction of sp³-hybridized carbons (Fsp3) is 0.750. The van der Waals surface area contributed by atoms with E-state index in [-0.39, 0.29) is 24.0 Å². The first kappa shape index (κ1) is 21.2. The first-order chi connectivity index (χ1) is 10.3. The molecule has 1 heterocycles. The summed E-state index contributed by atoms with van der Waals surface area (Å²) in [4.78, 5) is 8.68. The van der Waals surface area contributed by atoms with Gasteiger partial charge in [-0.1, -0.05) is 26.2 Å². The largest absolute Gasteiger partial charge is 0.357 e. The molecular formula is C16H32IN5. The normalized spacial score (nSPS) is 12.6. The first-order valence-electron chi connectivity index (χ1n) is 8.26. The molecule has 0 aliphatic carbocycles.